The van der Waals surface area contributed by atoms with Gasteiger partial charge in [0.05, 0.1) is 0 Å². The molecule has 16 heavy (non-hydrogen) atoms. The quantitative estimate of drug-likeness (QED) is 0.719. The molecule has 0 saturated heterocycles. The molecule has 84 valence electrons. The van der Waals surface area contributed by atoms with E-state index >= 15 is 0 Å². The molecule has 0 bridgehead atoms. The Balaban J connectivity index is 0.000000160. The highest BCUT2D eigenvalue weighted by molar-refractivity contribution is 6.30. The number of phenolic OH excluding ortho intramolecular Hbond substituents is 1. The van der Waals surface area contributed by atoms with E-state index in [0.29, 0.717) is 5.75 Å². The molecular formula is C14H15ClO. The van der Waals surface area contributed by atoms with Crippen LogP contribution in [0.2, 0.25) is 5.02 Å². The second-order valence-corrected chi connectivity index (χ2v) is 4.07. The molecule has 0 aromatic heterocycles. The van der Waals surface area contributed by atoms with Crippen LogP contribution in [0.3, 0.4) is 0 Å². The van der Waals surface area contributed by atoms with Gasteiger partial charge in [-0.15, -0.1) is 0 Å². The van der Waals surface area contributed by atoms with Crippen LogP contribution in [0.15, 0.2) is 48.5 Å². The molecule has 0 aliphatic carbocycles. The molecule has 2 aromatic carbocycles. The monoisotopic (exact) mass is 234 g/mol. The lowest BCUT2D eigenvalue weighted by Crippen LogP contribution is -1.66. The Kier molecular flexibility index (Phi) is 4.87. The summed E-state index contributed by atoms with van der Waals surface area (Å²) in [6.07, 6.45) is 0. The Morgan fingerprint density at radius 3 is 1.44 bits per heavy atom. The minimum Gasteiger partial charge on any atom is -0.508 e. The van der Waals surface area contributed by atoms with Crippen LogP contribution >= 0.6 is 11.6 Å². The van der Waals surface area contributed by atoms with Crippen LogP contribution in [-0.4, -0.2) is 5.11 Å². The van der Waals surface area contributed by atoms with Crippen molar-refractivity contribution in [1.29, 1.82) is 0 Å². The first-order valence-electron chi connectivity index (χ1n) is 5.06. The van der Waals surface area contributed by atoms with Crippen LogP contribution in [0.1, 0.15) is 11.1 Å². The zero-order valence-electron chi connectivity index (χ0n) is 9.44. The molecule has 0 unspecified atom stereocenters. The molecule has 2 aromatic rings. The van der Waals surface area contributed by atoms with Crippen LogP contribution < -0.4 is 0 Å². The van der Waals surface area contributed by atoms with Crippen molar-refractivity contribution in [3.63, 3.8) is 0 Å². The summed E-state index contributed by atoms with van der Waals surface area (Å²) in [6, 6.07) is 14.8. The second kappa shape index (κ2) is 6.19. The zero-order chi connectivity index (χ0) is 12.0. The van der Waals surface area contributed by atoms with E-state index in [0.717, 1.165) is 5.02 Å². The Morgan fingerprint density at radius 1 is 0.750 bits per heavy atom. The number of aromatic hydroxyl groups is 1. The smallest absolute Gasteiger partial charge is 0.115 e. The summed E-state index contributed by atoms with van der Waals surface area (Å²) in [5.41, 5.74) is 2.41. The average Bonchev–Trinajstić information content (AvgIpc) is 2.28. The van der Waals surface area contributed by atoms with Gasteiger partial charge < -0.3 is 5.11 Å². The summed E-state index contributed by atoms with van der Waals surface area (Å²) < 4.78 is 0. The molecule has 0 aliphatic heterocycles. The third kappa shape index (κ3) is 4.85. The van der Waals surface area contributed by atoms with E-state index in [9.17, 15) is 0 Å². The molecule has 0 aliphatic rings. The maximum Gasteiger partial charge on any atom is 0.115 e. The maximum absolute atomic E-state index is 8.76. The van der Waals surface area contributed by atoms with Gasteiger partial charge in [-0.3, -0.25) is 0 Å². The summed E-state index contributed by atoms with van der Waals surface area (Å²) in [6.45, 7) is 4.02. The zero-order valence-corrected chi connectivity index (χ0v) is 10.2. The largest absolute Gasteiger partial charge is 0.508 e. The number of rotatable bonds is 0. The minimum atomic E-state index is 0.329. The topological polar surface area (TPSA) is 20.2 Å². The maximum atomic E-state index is 8.76. The Hall–Kier alpha value is -1.47. The van der Waals surface area contributed by atoms with E-state index in [1.165, 1.54) is 11.1 Å². The second-order valence-electron chi connectivity index (χ2n) is 3.63. The summed E-state index contributed by atoms with van der Waals surface area (Å²) >= 11 is 5.61. The molecule has 0 fully saturated rings. The highest BCUT2D eigenvalue weighted by atomic mass is 35.5. The standard InChI is InChI=1S/C7H7Cl.C7H8O/c2*1-6-2-4-7(8)5-3-6/h2-5H,1H3;2-5,8H,1H3. The van der Waals surface area contributed by atoms with Gasteiger partial charge in [0.25, 0.3) is 0 Å². The Morgan fingerprint density at radius 2 is 1.12 bits per heavy atom. The van der Waals surface area contributed by atoms with E-state index in [4.69, 9.17) is 16.7 Å². The first-order valence-corrected chi connectivity index (χ1v) is 5.43. The van der Waals surface area contributed by atoms with Crippen molar-refractivity contribution < 1.29 is 5.11 Å². The van der Waals surface area contributed by atoms with Gasteiger partial charge in [-0.1, -0.05) is 47.0 Å². The van der Waals surface area contributed by atoms with Crippen LogP contribution in [0.5, 0.6) is 5.75 Å². The van der Waals surface area contributed by atoms with E-state index < -0.39 is 0 Å². The fourth-order valence-corrected chi connectivity index (χ4v) is 1.20. The van der Waals surface area contributed by atoms with E-state index in [1.54, 1.807) is 12.1 Å². The van der Waals surface area contributed by atoms with Crippen LogP contribution in [0.4, 0.5) is 0 Å². The molecular weight excluding hydrogens is 220 g/mol. The van der Waals surface area contributed by atoms with Crippen LogP contribution in [-0.2, 0) is 0 Å². The molecule has 0 amide bonds. The number of benzene rings is 2. The predicted octanol–water partition coefficient (Wildman–Crippen LogP) is 4.35. The molecule has 2 rings (SSSR count). The molecule has 0 radical (unpaired) electrons. The summed E-state index contributed by atoms with van der Waals surface area (Å²) in [7, 11) is 0. The first-order chi connectivity index (χ1) is 7.58. The molecule has 0 heterocycles. The SMILES string of the molecule is Cc1ccc(Cl)cc1.Cc1ccc(O)cc1. The van der Waals surface area contributed by atoms with Crippen molar-refractivity contribution >= 4 is 11.6 Å². The molecule has 0 saturated carbocycles. The van der Waals surface area contributed by atoms with Gasteiger partial charge in [-0.05, 0) is 38.1 Å². The summed E-state index contributed by atoms with van der Waals surface area (Å²) in [4.78, 5) is 0. The summed E-state index contributed by atoms with van der Waals surface area (Å²) in [5.74, 6) is 0.329. The van der Waals surface area contributed by atoms with Crippen molar-refractivity contribution in [2.75, 3.05) is 0 Å². The number of hydrogen-bond donors (Lipinski definition) is 1. The fourth-order valence-electron chi connectivity index (χ4n) is 1.08. The van der Waals surface area contributed by atoms with Crippen molar-refractivity contribution in [1.82, 2.24) is 0 Å². The number of aryl methyl sites for hydroxylation is 2. The van der Waals surface area contributed by atoms with E-state index in [-0.39, 0.29) is 0 Å². The number of phenols is 1. The third-order valence-corrected chi connectivity index (χ3v) is 2.30. The molecule has 2 heteroatoms. The van der Waals surface area contributed by atoms with Gasteiger partial charge in [-0.25, -0.2) is 0 Å². The average molecular weight is 235 g/mol. The van der Waals surface area contributed by atoms with Crippen LogP contribution in [0.25, 0.3) is 0 Å². The molecule has 1 nitrogen and oxygen atoms in total. The lowest BCUT2D eigenvalue weighted by Gasteiger charge is -1.89. The van der Waals surface area contributed by atoms with Gasteiger partial charge in [0.1, 0.15) is 5.75 Å². The normalized spacial score (nSPS) is 9.19. The van der Waals surface area contributed by atoms with Gasteiger partial charge in [0, 0.05) is 5.02 Å². The van der Waals surface area contributed by atoms with Crippen molar-refractivity contribution in [2.24, 2.45) is 0 Å². The lowest BCUT2D eigenvalue weighted by molar-refractivity contribution is 0.475. The van der Waals surface area contributed by atoms with Gasteiger partial charge in [0.15, 0.2) is 0 Å². The number of halogens is 1. The Labute approximate surface area is 101 Å². The minimum absolute atomic E-state index is 0.329. The van der Waals surface area contributed by atoms with Gasteiger partial charge in [0.2, 0.25) is 0 Å². The fraction of sp³-hybridized carbons (Fsp3) is 0.143. The van der Waals surface area contributed by atoms with E-state index in [2.05, 4.69) is 0 Å². The molecule has 1 N–H and O–H groups in total. The van der Waals surface area contributed by atoms with Crippen LogP contribution in [0, 0.1) is 13.8 Å². The highest BCUT2D eigenvalue weighted by Crippen LogP contribution is 2.08. The van der Waals surface area contributed by atoms with Crippen molar-refractivity contribution in [3.8, 4) is 5.75 Å². The van der Waals surface area contributed by atoms with Gasteiger partial charge >= 0.3 is 0 Å². The highest BCUT2D eigenvalue weighted by Gasteiger charge is 1.82. The Bertz CT molecular complexity index is 332. The lowest BCUT2D eigenvalue weighted by atomic mass is 10.2. The third-order valence-electron chi connectivity index (χ3n) is 2.04. The molecule has 0 atom stereocenters. The first kappa shape index (κ1) is 12.6. The predicted molar refractivity (Wildman–Crippen MR) is 69.0 cm³/mol. The van der Waals surface area contributed by atoms with Crippen molar-refractivity contribution in [2.45, 2.75) is 13.8 Å². The number of hydrogen-bond acceptors (Lipinski definition) is 1. The van der Waals surface area contributed by atoms with E-state index in [1.807, 2.05) is 50.2 Å². The summed E-state index contributed by atoms with van der Waals surface area (Å²) in [5, 5.41) is 9.56. The molecule has 0 spiro atoms. The van der Waals surface area contributed by atoms with Gasteiger partial charge in [-0.2, -0.15) is 0 Å². The van der Waals surface area contributed by atoms with Crippen molar-refractivity contribution in [3.05, 3.63) is 64.7 Å².